The van der Waals surface area contributed by atoms with Crippen LogP contribution in [0.25, 0.3) is 131 Å². The lowest BCUT2D eigenvalue weighted by Crippen LogP contribution is -1.93. The van der Waals surface area contributed by atoms with Gasteiger partial charge in [-0.25, -0.2) is 0 Å². The van der Waals surface area contributed by atoms with E-state index in [4.69, 9.17) is 0 Å². The van der Waals surface area contributed by atoms with Crippen LogP contribution in [0.5, 0.6) is 0 Å². The van der Waals surface area contributed by atoms with Gasteiger partial charge >= 0.3 is 0 Å². The van der Waals surface area contributed by atoms with E-state index in [0.717, 1.165) is 5.69 Å². The Balaban J connectivity index is 0.952. The Morgan fingerprint density at radius 3 is 1.16 bits per heavy atom. The number of hydrogen-bond acceptors (Lipinski definition) is 0. The number of nitrogens with zero attached hydrogens (tertiary/aromatic N) is 4. The topological polar surface area (TPSA) is 19.7 Å². The van der Waals surface area contributed by atoms with Gasteiger partial charge < -0.3 is 9.13 Å². The van der Waals surface area contributed by atoms with Crippen molar-refractivity contribution in [2.75, 3.05) is 0 Å². The fraction of sp³-hybridized carbons (Fsp3) is 0. The Bertz CT molecular complexity index is 4230. The van der Waals surface area contributed by atoms with Gasteiger partial charge in [-0.3, -0.25) is 5.56 Å². The predicted molar refractivity (Wildman–Crippen MR) is 280 cm³/mol. The number of halogens is 2. The van der Waals surface area contributed by atoms with E-state index < -0.39 is 0 Å². The maximum Gasteiger partial charge on any atom is 0.0646 e. The molecule has 0 saturated heterocycles. The molecule has 4 heterocycles. The zero-order chi connectivity index (χ0) is 40.8. The van der Waals surface area contributed by atoms with E-state index in [1.165, 1.54) is 126 Å². The van der Waals surface area contributed by atoms with Crippen molar-refractivity contribution in [3.05, 3.63) is 194 Å². The summed E-state index contributed by atoms with van der Waals surface area (Å²) in [5, 5.41) is 15.1. The second-order valence-corrected chi connectivity index (χ2v) is 18.5. The summed E-state index contributed by atoms with van der Waals surface area (Å²) in [6.07, 6.45) is 0. The summed E-state index contributed by atoms with van der Waals surface area (Å²) in [6, 6.07) is 72.1. The second kappa shape index (κ2) is 13.0. The molecule has 4 aromatic heterocycles. The summed E-state index contributed by atoms with van der Waals surface area (Å²) in [7, 11) is 0. The number of aromatic nitrogens is 4. The Hall–Kier alpha value is -6.62. The SMILES string of the molecule is In1c2ccccc2c2cc3cc4c(cc3cc21)c1ccc(-c2ccc3c5cc6cc7c8ccccc8n(-c8ccccc8)c7cc6cc5n(I)c3c2)cc1n4-c1ccccc1. The van der Waals surface area contributed by atoms with Crippen LogP contribution in [-0.4, -0.2) is 14.7 Å². The number of hydrogen-bond donors (Lipinski definition) is 0. The summed E-state index contributed by atoms with van der Waals surface area (Å²) < 4.78 is 9.50. The molecule has 4 nitrogen and oxygen atoms in total. The molecule has 62 heavy (non-hydrogen) atoms. The van der Waals surface area contributed by atoms with Crippen LogP contribution in [0.3, 0.4) is 0 Å². The third-order valence-electron chi connectivity index (χ3n) is 13.3. The minimum Gasteiger partial charge on any atom is -0.309 e. The van der Waals surface area contributed by atoms with Gasteiger partial charge in [-0.05, 0) is 130 Å². The molecule has 6 heteroatoms. The van der Waals surface area contributed by atoms with E-state index in [9.17, 15) is 0 Å². The molecule has 0 unspecified atom stereocenters. The first-order valence-electron chi connectivity index (χ1n) is 20.9. The average Bonchev–Trinajstić information content (AvgIpc) is 4.00. The minimum absolute atomic E-state index is 1.16. The number of rotatable bonds is 3. The van der Waals surface area contributed by atoms with E-state index in [2.05, 4.69) is 255 Å². The highest BCUT2D eigenvalue weighted by Crippen LogP contribution is 2.43. The van der Waals surface area contributed by atoms with Crippen LogP contribution in [0.4, 0.5) is 0 Å². The Morgan fingerprint density at radius 1 is 0.242 bits per heavy atom. The van der Waals surface area contributed by atoms with Gasteiger partial charge in [0, 0.05) is 54.5 Å². The van der Waals surface area contributed by atoms with Crippen molar-refractivity contribution >= 4 is 154 Å². The molecule has 0 aliphatic heterocycles. The maximum absolute atomic E-state index is 2.51. The molecule has 0 aliphatic carbocycles. The Kier molecular flexibility index (Phi) is 7.32. The van der Waals surface area contributed by atoms with E-state index >= 15 is 0 Å². The molecule has 0 spiro atoms. The molecule has 290 valence electrons. The highest BCUT2D eigenvalue weighted by Gasteiger charge is 2.19. The average molecular weight is 1010 g/mol. The molecule has 14 rings (SSSR count). The van der Waals surface area contributed by atoms with Gasteiger partial charge in [0.1, 0.15) is 0 Å². The van der Waals surface area contributed by atoms with Crippen LogP contribution in [0.1, 0.15) is 0 Å². The van der Waals surface area contributed by atoms with Gasteiger partial charge in [0.15, 0.2) is 0 Å². The van der Waals surface area contributed by atoms with Gasteiger partial charge in [-0.1, -0.05) is 97.1 Å². The zero-order valence-corrected chi connectivity index (χ0v) is 37.3. The third kappa shape index (κ3) is 4.87. The minimum atomic E-state index is 1.16. The third-order valence-corrected chi connectivity index (χ3v) is 15.4. The highest BCUT2D eigenvalue weighted by atomic mass is 127. The summed E-state index contributed by atoms with van der Waals surface area (Å²) in [5.74, 6) is 0. The molecule has 0 aliphatic rings. The second-order valence-electron chi connectivity index (χ2n) is 16.6. The van der Waals surface area contributed by atoms with Crippen LogP contribution in [-0.2, 0) is 0 Å². The lowest BCUT2D eigenvalue weighted by molar-refractivity contribution is 1.18. The normalized spacial score (nSPS) is 12.4. The fourth-order valence-corrected chi connectivity index (χ4v) is 12.1. The smallest absolute Gasteiger partial charge is 0.0646 e. The Labute approximate surface area is 382 Å². The lowest BCUT2D eigenvalue weighted by atomic mass is 10.00. The quantitative estimate of drug-likeness (QED) is 0.157. The lowest BCUT2D eigenvalue weighted by Gasteiger charge is -2.10. The van der Waals surface area contributed by atoms with Gasteiger partial charge in [0.25, 0.3) is 0 Å². The predicted octanol–water partition coefficient (Wildman–Crippen LogP) is 16.5. The van der Waals surface area contributed by atoms with Crippen LogP contribution >= 0.6 is 45.7 Å². The first kappa shape index (κ1) is 35.0. The van der Waals surface area contributed by atoms with Crippen LogP contribution in [0.2, 0.25) is 0 Å². The van der Waals surface area contributed by atoms with Crippen molar-refractivity contribution in [1.82, 2.24) is 14.7 Å². The fourth-order valence-electron chi connectivity index (χ4n) is 10.4. The zero-order valence-electron chi connectivity index (χ0n) is 33.0. The maximum atomic E-state index is 2.51. The molecule has 10 aromatic carbocycles. The number of para-hydroxylation sites is 4. The molecule has 14 aromatic rings. The largest absolute Gasteiger partial charge is 0.309 e. The summed E-state index contributed by atoms with van der Waals surface area (Å²) >= 11 is 4.96. The van der Waals surface area contributed by atoms with E-state index in [0.29, 0.717) is 0 Å². The molecular formula is C56H32I2N4. The van der Waals surface area contributed by atoms with Crippen molar-refractivity contribution in [3.63, 3.8) is 0 Å². The number of benzene rings is 10. The molecule has 0 atom stereocenters. The molecular weight excluding hydrogens is 982 g/mol. The molecule has 0 saturated carbocycles. The molecule has 0 amide bonds. The van der Waals surface area contributed by atoms with Crippen molar-refractivity contribution < 1.29 is 0 Å². The van der Waals surface area contributed by atoms with Crippen molar-refractivity contribution in [1.29, 1.82) is 0 Å². The Morgan fingerprint density at radius 2 is 0.581 bits per heavy atom. The van der Waals surface area contributed by atoms with Gasteiger partial charge in [0.05, 0.1) is 89.9 Å². The van der Waals surface area contributed by atoms with Gasteiger partial charge in [-0.2, -0.15) is 0 Å². The van der Waals surface area contributed by atoms with E-state index in [1.54, 1.807) is 0 Å². The standard InChI is InChI=1S/C56H32I2N4/c57-61-50-18-10-8-16-42(50)47-26-36-29-53-46(25-37(36)31-55(47)61)43-21-19-33(27-51(43)60(53)40-13-5-2-6-14-40)34-20-22-44-48-24-35-23-45-41-15-7-9-17-49(41)59(39-11-3-1-4-12-39)52(45)30-38(35)32-56(48)62(58)54(44)28-34/h1-32H. The van der Waals surface area contributed by atoms with Crippen molar-refractivity contribution in [3.8, 4) is 22.5 Å². The van der Waals surface area contributed by atoms with Crippen LogP contribution in [0.15, 0.2) is 194 Å². The summed E-state index contributed by atoms with van der Waals surface area (Å²) in [5.41, 5.74) is 14.5. The first-order valence-corrected chi connectivity index (χ1v) is 22.8. The summed E-state index contributed by atoms with van der Waals surface area (Å²) in [4.78, 5) is 0. The molecule has 0 bridgehead atoms. The molecule has 0 fully saturated rings. The monoisotopic (exact) mass is 1010 g/mol. The first-order chi connectivity index (χ1) is 30.6. The van der Waals surface area contributed by atoms with Crippen LogP contribution in [0, 0.1) is 0 Å². The van der Waals surface area contributed by atoms with E-state index in [1.807, 2.05) is 0 Å². The molecule has 0 radical (unpaired) electrons. The number of fused-ring (bicyclic) bond motifs is 14. The van der Waals surface area contributed by atoms with Gasteiger partial charge in [-0.15, -0.1) is 0 Å². The van der Waals surface area contributed by atoms with Crippen LogP contribution < -0.4 is 0 Å². The van der Waals surface area contributed by atoms with Gasteiger partial charge in [0.2, 0.25) is 0 Å². The highest BCUT2D eigenvalue weighted by molar-refractivity contribution is 14.1. The van der Waals surface area contributed by atoms with Crippen molar-refractivity contribution in [2.24, 2.45) is 0 Å². The van der Waals surface area contributed by atoms with Crippen molar-refractivity contribution in [2.45, 2.75) is 0 Å². The van der Waals surface area contributed by atoms with E-state index in [-0.39, 0.29) is 0 Å². The molecule has 0 N–H and O–H groups in total. The summed E-state index contributed by atoms with van der Waals surface area (Å²) in [6.45, 7) is 0.